The Balaban J connectivity index is 1.80. The summed E-state index contributed by atoms with van der Waals surface area (Å²) in [5, 5.41) is 3.01. The lowest BCUT2D eigenvalue weighted by atomic mass is 9.95. The first-order chi connectivity index (χ1) is 12.1. The van der Waals surface area contributed by atoms with Gasteiger partial charge in [0.25, 0.3) is 0 Å². The molecule has 5 nitrogen and oxygen atoms in total. The van der Waals surface area contributed by atoms with E-state index in [-0.39, 0.29) is 24.1 Å². The van der Waals surface area contributed by atoms with Crippen molar-refractivity contribution in [3.63, 3.8) is 0 Å². The first kappa shape index (κ1) is 19.2. The largest absolute Gasteiger partial charge is 0.468 e. The smallest absolute Gasteiger partial charge is 0.323 e. The summed E-state index contributed by atoms with van der Waals surface area (Å²) in [4.78, 5) is 23.5. The third-order valence-electron chi connectivity index (χ3n) is 4.59. The highest BCUT2D eigenvalue weighted by molar-refractivity contribution is 5.76. The molecule has 0 bridgehead atoms. The Labute approximate surface area is 149 Å². The summed E-state index contributed by atoms with van der Waals surface area (Å²) in [6.45, 7) is 6.49. The van der Waals surface area contributed by atoms with Gasteiger partial charge in [0.15, 0.2) is 0 Å². The molecule has 2 rings (SSSR count). The lowest BCUT2D eigenvalue weighted by Gasteiger charge is -2.13. The minimum Gasteiger partial charge on any atom is -0.468 e. The molecule has 0 unspecified atom stereocenters. The summed E-state index contributed by atoms with van der Waals surface area (Å²) in [6.07, 6.45) is 4.97. The van der Waals surface area contributed by atoms with Crippen LogP contribution in [0, 0.1) is 0 Å². The summed E-state index contributed by atoms with van der Waals surface area (Å²) in [7, 11) is 1.36. The number of carbonyl (C=O) groups excluding carboxylic acids is 2. The second kappa shape index (κ2) is 9.37. The van der Waals surface area contributed by atoms with Crippen LogP contribution in [0.15, 0.2) is 24.8 Å². The van der Waals surface area contributed by atoms with E-state index in [0.29, 0.717) is 19.4 Å². The molecule has 1 aliphatic heterocycles. The average Bonchev–Trinajstić information content (AvgIpc) is 3.09. The first-order valence-electron chi connectivity index (χ1n) is 8.82. The normalized spacial score (nSPS) is 19.4. The van der Waals surface area contributed by atoms with Crippen molar-refractivity contribution >= 4 is 18.0 Å². The second-order valence-electron chi connectivity index (χ2n) is 6.23. The molecule has 1 saturated heterocycles. The van der Waals surface area contributed by atoms with E-state index in [2.05, 4.69) is 31.0 Å². The highest BCUT2D eigenvalue weighted by atomic mass is 16.5. The van der Waals surface area contributed by atoms with Crippen molar-refractivity contribution in [2.45, 2.75) is 51.2 Å². The number of rotatable bonds is 8. The summed E-state index contributed by atoms with van der Waals surface area (Å²) < 4.78 is 10.2. The fraction of sp³-hybridized carbons (Fsp3) is 0.500. The first-order valence-corrected chi connectivity index (χ1v) is 8.82. The minimum absolute atomic E-state index is 0.216. The van der Waals surface area contributed by atoms with Crippen LogP contribution < -0.4 is 5.32 Å². The molecule has 1 aliphatic rings. The number of esters is 2. The quantitative estimate of drug-likeness (QED) is 0.734. The molecule has 5 heteroatoms. The van der Waals surface area contributed by atoms with Gasteiger partial charge in [-0.3, -0.25) is 9.59 Å². The van der Waals surface area contributed by atoms with Gasteiger partial charge in [0.2, 0.25) is 0 Å². The number of hydrogen-bond donors (Lipinski definition) is 1. The lowest BCUT2D eigenvalue weighted by molar-refractivity contribution is -0.149. The second-order valence-corrected chi connectivity index (χ2v) is 6.23. The molecule has 2 atom stereocenters. The molecule has 136 valence electrons. The standard InChI is InChI=1S/C20H27NO4/c1-4-14-8-6-9-15(5-2)17(14)10-7-11-19(22)25-16-12-18(21-13-16)20(23)24-3/h4,6,8-9,16,18,21H,1,5,7,10-13H2,2-3H3/t16-,18+/m1/s1. The maximum atomic E-state index is 12.1. The van der Waals surface area contributed by atoms with Crippen molar-refractivity contribution in [2.24, 2.45) is 0 Å². The zero-order valence-corrected chi connectivity index (χ0v) is 15.0. The van der Waals surface area contributed by atoms with Crippen LogP contribution in [0.25, 0.3) is 6.08 Å². The van der Waals surface area contributed by atoms with Crippen LogP contribution >= 0.6 is 0 Å². The van der Waals surface area contributed by atoms with Crippen molar-refractivity contribution in [3.05, 3.63) is 41.5 Å². The van der Waals surface area contributed by atoms with Crippen LogP contribution in [-0.4, -0.2) is 37.7 Å². The zero-order valence-electron chi connectivity index (χ0n) is 15.0. The predicted molar refractivity (Wildman–Crippen MR) is 97.2 cm³/mol. The van der Waals surface area contributed by atoms with Gasteiger partial charge in [0, 0.05) is 19.4 Å². The molecule has 0 aromatic heterocycles. The zero-order chi connectivity index (χ0) is 18.2. The number of ether oxygens (including phenoxy) is 2. The molecule has 0 spiro atoms. The van der Waals surface area contributed by atoms with Crippen LogP contribution in [0.2, 0.25) is 0 Å². The van der Waals surface area contributed by atoms with E-state index in [1.165, 1.54) is 18.2 Å². The van der Waals surface area contributed by atoms with E-state index in [9.17, 15) is 9.59 Å². The summed E-state index contributed by atoms with van der Waals surface area (Å²) in [5.74, 6) is -0.530. The van der Waals surface area contributed by atoms with E-state index >= 15 is 0 Å². The number of nitrogens with one attached hydrogen (secondary N) is 1. The Morgan fingerprint density at radius 3 is 2.88 bits per heavy atom. The van der Waals surface area contributed by atoms with E-state index in [0.717, 1.165) is 24.8 Å². The summed E-state index contributed by atoms with van der Waals surface area (Å²) >= 11 is 0. The summed E-state index contributed by atoms with van der Waals surface area (Å²) in [6, 6.07) is 5.84. The van der Waals surface area contributed by atoms with Gasteiger partial charge in [-0.15, -0.1) is 0 Å². The predicted octanol–water partition coefficient (Wildman–Crippen LogP) is 2.66. The Kier molecular flexibility index (Phi) is 7.19. The Morgan fingerprint density at radius 2 is 2.20 bits per heavy atom. The SMILES string of the molecule is C=Cc1cccc(CC)c1CCCC(=O)O[C@H]1CN[C@H](C(=O)OC)C1. The van der Waals surface area contributed by atoms with Gasteiger partial charge in [0.05, 0.1) is 7.11 Å². The van der Waals surface area contributed by atoms with Gasteiger partial charge in [-0.25, -0.2) is 0 Å². The van der Waals surface area contributed by atoms with Gasteiger partial charge < -0.3 is 14.8 Å². The van der Waals surface area contributed by atoms with Crippen molar-refractivity contribution in [3.8, 4) is 0 Å². The van der Waals surface area contributed by atoms with Crippen LogP contribution in [0.5, 0.6) is 0 Å². The van der Waals surface area contributed by atoms with Crippen LogP contribution in [-0.2, 0) is 31.9 Å². The summed E-state index contributed by atoms with van der Waals surface area (Å²) in [5.41, 5.74) is 3.70. The van der Waals surface area contributed by atoms with Crippen molar-refractivity contribution in [1.29, 1.82) is 0 Å². The third kappa shape index (κ3) is 5.16. The minimum atomic E-state index is -0.380. The van der Waals surface area contributed by atoms with E-state index < -0.39 is 0 Å². The van der Waals surface area contributed by atoms with E-state index in [1.54, 1.807) is 0 Å². The highest BCUT2D eigenvalue weighted by Crippen LogP contribution is 2.20. The Morgan fingerprint density at radius 1 is 1.40 bits per heavy atom. The Bertz CT molecular complexity index is 626. The van der Waals surface area contributed by atoms with Crippen LogP contribution in [0.3, 0.4) is 0 Å². The molecule has 1 aromatic carbocycles. The van der Waals surface area contributed by atoms with E-state index in [4.69, 9.17) is 9.47 Å². The lowest BCUT2D eigenvalue weighted by Crippen LogP contribution is -2.31. The molecule has 0 aliphatic carbocycles. The number of methoxy groups -OCH3 is 1. The van der Waals surface area contributed by atoms with Crippen molar-refractivity contribution < 1.29 is 19.1 Å². The van der Waals surface area contributed by atoms with Gasteiger partial charge in [0.1, 0.15) is 12.1 Å². The van der Waals surface area contributed by atoms with Gasteiger partial charge in [-0.2, -0.15) is 0 Å². The monoisotopic (exact) mass is 345 g/mol. The fourth-order valence-corrected chi connectivity index (χ4v) is 3.25. The number of benzene rings is 1. The van der Waals surface area contributed by atoms with Gasteiger partial charge in [-0.1, -0.05) is 37.8 Å². The molecule has 0 saturated carbocycles. The number of hydrogen-bond acceptors (Lipinski definition) is 5. The molecule has 25 heavy (non-hydrogen) atoms. The van der Waals surface area contributed by atoms with E-state index in [1.807, 2.05) is 12.1 Å². The van der Waals surface area contributed by atoms with Crippen LogP contribution in [0.4, 0.5) is 0 Å². The molecular weight excluding hydrogens is 318 g/mol. The van der Waals surface area contributed by atoms with Crippen LogP contribution in [0.1, 0.15) is 42.9 Å². The fourth-order valence-electron chi connectivity index (χ4n) is 3.25. The van der Waals surface area contributed by atoms with Gasteiger partial charge >= 0.3 is 11.9 Å². The molecule has 1 fully saturated rings. The molecule has 1 N–H and O–H groups in total. The molecule has 0 amide bonds. The highest BCUT2D eigenvalue weighted by Gasteiger charge is 2.32. The Hall–Kier alpha value is -2.14. The third-order valence-corrected chi connectivity index (χ3v) is 4.59. The topological polar surface area (TPSA) is 64.6 Å². The number of carbonyl (C=O) groups is 2. The number of aryl methyl sites for hydroxylation is 1. The maximum absolute atomic E-state index is 12.1. The average molecular weight is 345 g/mol. The van der Waals surface area contributed by atoms with Crippen molar-refractivity contribution in [2.75, 3.05) is 13.7 Å². The molecular formula is C20H27NO4. The molecule has 1 aromatic rings. The maximum Gasteiger partial charge on any atom is 0.323 e. The molecule has 0 radical (unpaired) electrons. The van der Waals surface area contributed by atoms with Crippen molar-refractivity contribution in [1.82, 2.24) is 5.32 Å². The van der Waals surface area contributed by atoms with Gasteiger partial charge in [-0.05, 0) is 36.0 Å². The molecule has 1 heterocycles.